The molecule has 0 aliphatic carbocycles. The summed E-state index contributed by atoms with van der Waals surface area (Å²) in [5.41, 5.74) is 6.92. The van der Waals surface area contributed by atoms with Gasteiger partial charge in [-0.2, -0.15) is 0 Å². The number of rotatable bonds is 4. The standard InChI is InChI=1S/C12H18N2O/c13-8-12(10-6-7-15-9-10)14-11-4-2-1-3-5-11/h1-5,10,12,14H,6-9,13H2. The summed E-state index contributed by atoms with van der Waals surface area (Å²) in [5.74, 6) is 0.551. The van der Waals surface area contributed by atoms with Crippen molar-refractivity contribution in [3.05, 3.63) is 30.3 Å². The number of benzene rings is 1. The maximum absolute atomic E-state index is 5.78. The first-order chi connectivity index (χ1) is 7.40. The fourth-order valence-corrected chi connectivity index (χ4v) is 1.99. The van der Waals surface area contributed by atoms with Crippen LogP contribution in [-0.2, 0) is 4.74 Å². The highest BCUT2D eigenvalue weighted by Crippen LogP contribution is 2.19. The molecule has 0 bridgehead atoms. The Hall–Kier alpha value is -1.06. The SMILES string of the molecule is NCC(Nc1ccccc1)C1CCOC1. The molecule has 15 heavy (non-hydrogen) atoms. The second-order valence-corrected chi connectivity index (χ2v) is 3.98. The van der Waals surface area contributed by atoms with E-state index in [1.807, 2.05) is 18.2 Å². The highest BCUT2D eigenvalue weighted by Gasteiger charge is 2.24. The van der Waals surface area contributed by atoms with Crippen molar-refractivity contribution in [3.8, 4) is 0 Å². The first-order valence-electron chi connectivity index (χ1n) is 5.49. The van der Waals surface area contributed by atoms with E-state index >= 15 is 0 Å². The average Bonchev–Trinajstić information content (AvgIpc) is 2.81. The molecule has 0 spiro atoms. The fraction of sp³-hybridized carbons (Fsp3) is 0.500. The lowest BCUT2D eigenvalue weighted by atomic mass is 9.99. The highest BCUT2D eigenvalue weighted by atomic mass is 16.5. The van der Waals surface area contributed by atoms with Crippen LogP contribution in [0.15, 0.2) is 30.3 Å². The quantitative estimate of drug-likeness (QED) is 0.784. The summed E-state index contributed by atoms with van der Waals surface area (Å²) in [6.45, 7) is 2.36. The molecule has 2 unspecified atom stereocenters. The Kier molecular flexibility index (Phi) is 3.59. The molecule has 1 aliphatic rings. The van der Waals surface area contributed by atoms with Crippen molar-refractivity contribution in [2.24, 2.45) is 11.7 Å². The second kappa shape index (κ2) is 5.14. The average molecular weight is 206 g/mol. The molecular weight excluding hydrogens is 188 g/mol. The van der Waals surface area contributed by atoms with Crippen LogP contribution in [0.2, 0.25) is 0 Å². The van der Waals surface area contributed by atoms with Gasteiger partial charge in [0.2, 0.25) is 0 Å². The number of para-hydroxylation sites is 1. The van der Waals surface area contributed by atoms with Crippen LogP contribution in [0.1, 0.15) is 6.42 Å². The Balaban J connectivity index is 1.96. The van der Waals surface area contributed by atoms with Gasteiger partial charge in [0, 0.05) is 30.8 Å². The molecular formula is C12H18N2O. The van der Waals surface area contributed by atoms with E-state index in [-0.39, 0.29) is 0 Å². The number of nitrogens with two attached hydrogens (primary N) is 1. The topological polar surface area (TPSA) is 47.3 Å². The highest BCUT2D eigenvalue weighted by molar-refractivity contribution is 5.43. The Morgan fingerprint density at radius 2 is 2.20 bits per heavy atom. The van der Waals surface area contributed by atoms with E-state index in [0.29, 0.717) is 18.5 Å². The molecule has 1 heterocycles. The molecule has 1 saturated heterocycles. The van der Waals surface area contributed by atoms with E-state index in [9.17, 15) is 0 Å². The summed E-state index contributed by atoms with van der Waals surface area (Å²) >= 11 is 0. The maximum atomic E-state index is 5.78. The van der Waals surface area contributed by atoms with E-state index in [0.717, 1.165) is 25.3 Å². The molecule has 82 valence electrons. The third-order valence-corrected chi connectivity index (χ3v) is 2.91. The minimum Gasteiger partial charge on any atom is -0.381 e. The lowest BCUT2D eigenvalue weighted by Gasteiger charge is -2.23. The minimum atomic E-state index is 0.329. The largest absolute Gasteiger partial charge is 0.381 e. The normalized spacial score (nSPS) is 22.6. The lowest BCUT2D eigenvalue weighted by Crippen LogP contribution is -2.36. The van der Waals surface area contributed by atoms with Gasteiger partial charge in [0.1, 0.15) is 0 Å². The smallest absolute Gasteiger partial charge is 0.0515 e. The van der Waals surface area contributed by atoms with E-state index in [4.69, 9.17) is 10.5 Å². The van der Waals surface area contributed by atoms with Gasteiger partial charge in [0.25, 0.3) is 0 Å². The molecule has 1 aromatic carbocycles. The van der Waals surface area contributed by atoms with Gasteiger partial charge < -0.3 is 15.8 Å². The predicted octanol–water partition coefficient (Wildman–Crippen LogP) is 1.46. The van der Waals surface area contributed by atoms with Gasteiger partial charge in [0.05, 0.1) is 6.61 Å². The number of hydrogen-bond acceptors (Lipinski definition) is 3. The van der Waals surface area contributed by atoms with E-state index in [1.165, 1.54) is 0 Å². The van der Waals surface area contributed by atoms with Gasteiger partial charge in [-0.15, -0.1) is 0 Å². The zero-order valence-electron chi connectivity index (χ0n) is 8.86. The summed E-state index contributed by atoms with van der Waals surface area (Å²) in [5, 5.41) is 3.47. The van der Waals surface area contributed by atoms with Crippen molar-refractivity contribution < 1.29 is 4.74 Å². The van der Waals surface area contributed by atoms with E-state index in [1.54, 1.807) is 0 Å². The van der Waals surface area contributed by atoms with Crippen molar-refractivity contribution in [3.63, 3.8) is 0 Å². The minimum absolute atomic E-state index is 0.329. The van der Waals surface area contributed by atoms with Crippen LogP contribution < -0.4 is 11.1 Å². The fourth-order valence-electron chi connectivity index (χ4n) is 1.99. The van der Waals surface area contributed by atoms with Gasteiger partial charge in [0.15, 0.2) is 0 Å². The first kappa shape index (κ1) is 10.5. The van der Waals surface area contributed by atoms with Crippen molar-refractivity contribution in [1.29, 1.82) is 0 Å². The summed E-state index contributed by atoms with van der Waals surface area (Å²) in [4.78, 5) is 0. The molecule has 3 heteroatoms. The monoisotopic (exact) mass is 206 g/mol. The van der Waals surface area contributed by atoms with E-state index in [2.05, 4.69) is 17.4 Å². The van der Waals surface area contributed by atoms with Crippen LogP contribution in [0.25, 0.3) is 0 Å². The maximum Gasteiger partial charge on any atom is 0.0515 e. The number of nitrogens with one attached hydrogen (secondary N) is 1. The Labute approximate surface area is 90.6 Å². The van der Waals surface area contributed by atoms with Gasteiger partial charge in [-0.25, -0.2) is 0 Å². The predicted molar refractivity (Wildman–Crippen MR) is 61.8 cm³/mol. The zero-order chi connectivity index (χ0) is 10.5. The molecule has 0 amide bonds. The molecule has 1 aromatic rings. The third-order valence-electron chi connectivity index (χ3n) is 2.91. The third kappa shape index (κ3) is 2.70. The Morgan fingerprint density at radius 3 is 2.80 bits per heavy atom. The summed E-state index contributed by atoms with van der Waals surface area (Å²) < 4.78 is 5.38. The van der Waals surface area contributed by atoms with Gasteiger partial charge >= 0.3 is 0 Å². The van der Waals surface area contributed by atoms with Gasteiger partial charge in [-0.05, 0) is 18.6 Å². The van der Waals surface area contributed by atoms with Crippen molar-refractivity contribution >= 4 is 5.69 Å². The molecule has 1 fully saturated rings. The number of ether oxygens (including phenoxy) is 1. The van der Waals surface area contributed by atoms with Crippen molar-refractivity contribution in [2.45, 2.75) is 12.5 Å². The Bertz CT molecular complexity index is 283. The summed E-state index contributed by atoms with van der Waals surface area (Å²) in [6.07, 6.45) is 1.11. The molecule has 2 rings (SSSR count). The lowest BCUT2D eigenvalue weighted by molar-refractivity contribution is 0.182. The summed E-state index contributed by atoms with van der Waals surface area (Å²) in [6, 6.07) is 10.5. The zero-order valence-corrected chi connectivity index (χ0v) is 8.86. The molecule has 3 N–H and O–H groups in total. The van der Waals surface area contributed by atoms with Crippen LogP contribution in [0.4, 0.5) is 5.69 Å². The summed E-state index contributed by atoms with van der Waals surface area (Å²) in [7, 11) is 0. The van der Waals surface area contributed by atoms with Gasteiger partial charge in [-0.1, -0.05) is 18.2 Å². The second-order valence-electron chi connectivity index (χ2n) is 3.98. The number of anilines is 1. The molecule has 3 nitrogen and oxygen atoms in total. The molecule has 1 aliphatic heterocycles. The van der Waals surface area contributed by atoms with Crippen LogP contribution in [-0.4, -0.2) is 25.8 Å². The molecule has 0 radical (unpaired) electrons. The van der Waals surface area contributed by atoms with Crippen molar-refractivity contribution in [1.82, 2.24) is 0 Å². The van der Waals surface area contributed by atoms with E-state index < -0.39 is 0 Å². The van der Waals surface area contributed by atoms with Crippen LogP contribution in [0.5, 0.6) is 0 Å². The van der Waals surface area contributed by atoms with Crippen LogP contribution in [0.3, 0.4) is 0 Å². The first-order valence-corrected chi connectivity index (χ1v) is 5.49. The number of hydrogen-bond donors (Lipinski definition) is 2. The van der Waals surface area contributed by atoms with Crippen LogP contribution in [0, 0.1) is 5.92 Å². The van der Waals surface area contributed by atoms with Crippen molar-refractivity contribution in [2.75, 3.05) is 25.1 Å². The molecule has 2 atom stereocenters. The van der Waals surface area contributed by atoms with Gasteiger partial charge in [-0.3, -0.25) is 0 Å². The molecule has 0 saturated carbocycles. The Morgan fingerprint density at radius 1 is 1.40 bits per heavy atom. The van der Waals surface area contributed by atoms with Crippen LogP contribution >= 0.6 is 0 Å². The molecule has 0 aromatic heterocycles.